The molecule has 2 nitrogen and oxygen atoms in total. The average molecular weight is 277 g/mol. The van der Waals surface area contributed by atoms with Crippen LogP contribution in [0, 0.1) is 0 Å². The Hall–Kier alpha value is -1.02. The van der Waals surface area contributed by atoms with Crippen LogP contribution < -0.4 is 10.1 Å². The van der Waals surface area contributed by atoms with Crippen LogP contribution in [-0.4, -0.2) is 12.1 Å². The molecular weight excluding hydrogens is 246 g/mol. The zero-order chi connectivity index (χ0) is 14.8. The second kappa shape index (κ2) is 9.02. The fraction of sp³-hybridized carbons (Fsp3) is 0.667. The van der Waals surface area contributed by atoms with Crippen LogP contribution in [-0.2, 0) is 6.54 Å². The van der Waals surface area contributed by atoms with Crippen molar-refractivity contribution in [3.05, 3.63) is 29.8 Å². The molecule has 2 heteroatoms. The van der Waals surface area contributed by atoms with E-state index < -0.39 is 0 Å². The monoisotopic (exact) mass is 277 g/mol. The van der Waals surface area contributed by atoms with Gasteiger partial charge in [-0.15, -0.1) is 0 Å². The van der Waals surface area contributed by atoms with Gasteiger partial charge in [-0.25, -0.2) is 0 Å². The van der Waals surface area contributed by atoms with Crippen LogP contribution in [0.5, 0.6) is 5.75 Å². The van der Waals surface area contributed by atoms with Crippen LogP contribution in [0.15, 0.2) is 24.3 Å². The van der Waals surface area contributed by atoms with Gasteiger partial charge in [-0.2, -0.15) is 0 Å². The Morgan fingerprint density at radius 2 is 1.60 bits per heavy atom. The lowest BCUT2D eigenvalue weighted by atomic mass is 10.1. The van der Waals surface area contributed by atoms with Gasteiger partial charge in [-0.3, -0.25) is 0 Å². The summed E-state index contributed by atoms with van der Waals surface area (Å²) < 4.78 is 5.77. The molecule has 0 unspecified atom stereocenters. The molecule has 0 bridgehead atoms. The van der Waals surface area contributed by atoms with Crippen molar-refractivity contribution in [1.29, 1.82) is 0 Å². The van der Waals surface area contributed by atoms with Gasteiger partial charge in [0.05, 0.1) is 6.61 Å². The van der Waals surface area contributed by atoms with Gasteiger partial charge in [0.1, 0.15) is 5.75 Å². The highest BCUT2D eigenvalue weighted by molar-refractivity contribution is 5.27. The van der Waals surface area contributed by atoms with E-state index in [2.05, 4.69) is 57.3 Å². The maximum Gasteiger partial charge on any atom is 0.119 e. The van der Waals surface area contributed by atoms with Crippen molar-refractivity contribution < 1.29 is 4.74 Å². The number of rotatable bonds is 9. The number of nitrogens with one attached hydrogen (secondary N) is 1. The second-order valence-corrected chi connectivity index (χ2v) is 6.51. The Kier molecular flexibility index (Phi) is 7.68. The maximum absolute atomic E-state index is 5.77. The lowest BCUT2D eigenvalue weighted by Gasteiger charge is -2.20. The summed E-state index contributed by atoms with van der Waals surface area (Å²) in [5.74, 6) is 0.986. The molecule has 0 aliphatic carbocycles. The van der Waals surface area contributed by atoms with Crippen molar-refractivity contribution in [3.63, 3.8) is 0 Å². The van der Waals surface area contributed by atoms with Crippen molar-refractivity contribution in [3.8, 4) is 5.75 Å². The summed E-state index contributed by atoms with van der Waals surface area (Å²) in [6, 6.07) is 8.44. The minimum atomic E-state index is 0.160. The van der Waals surface area contributed by atoms with E-state index in [1.54, 1.807) is 0 Å². The number of benzene rings is 1. The van der Waals surface area contributed by atoms with E-state index in [1.807, 2.05) is 0 Å². The van der Waals surface area contributed by atoms with Crippen molar-refractivity contribution >= 4 is 0 Å². The zero-order valence-electron chi connectivity index (χ0n) is 13.7. The SMILES string of the molecule is CCCCCCCOc1ccc(CNC(C)(C)C)cc1. The molecule has 0 aromatic heterocycles. The van der Waals surface area contributed by atoms with Crippen LogP contribution in [0.4, 0.5) is 0 Å². The standard InChI is InChI=1S/C18H31NO/c1-5-6-7-8-9-14-20-17-12-10-16(11-13-17)15-19-18(2,3)4/h10-13,19H,5-9,14-15H2,1-4H3. The fourth-order valence-electron chi connectivity index (χ4n) is 1.97. The van der Waals surface area contributed by atoms with Crippen molar-refractivity contribution in [2.24, 2.45) is 0 Å². The van der Waals surface area contributed by atoms with Gasteiger partial charge < -0.3 is 10.1 Å². The molecule has 0 saturated carbocycles. The molecular formula is C18H31NO. The topological polar surface area (TPSA) is 21.3 Å². The molecule has 0 saturated heterocycles. The number of unbranched alkanes of at least 4 members (excludes halogenated alkanes) is 4. The van der Waals surface area contributed by atoms with Gasteiger partial charge >= 0.3 is 0 Å². The third-order valence-electron chi connectivity index (χ3n) is 3.26. The number of ether oxygens (including phenoxy) is 1. The van der Waals surface area contributed by atoms with Gasteiger partial charge in [0.15, 0.2) is 0 Å². The predicted octanol–water partition coefficient (Wildman–Crippen LogP) is 4.92. The summed E-state index contributed by atoms with van der Waals surface area (Å²) in [7, 11) is 0. The average Bonchev–Trinajstić information content (AvgIpc) is 2.41. The van der Waals surface area contributed by atoms with E-state index in [1.165, 1.54) is 31.2 Å². The number of hydrogen-bond acceptors (Lipinski definition) is 2. The van der Waals surface area contributed by atoms with Gasteiger partial charge in [0.2, 0.25) is 0 Å². The van der Waals surface area contributed by atoms with Gasteiger partial charge in [0.25, 0.3) is 0 Å². The number of hydrogen-bond donors (Lipinski definition) is 1. The normalized spacial score (nSPS) is 11.6. The van der Waals surface area contributed by atoms with Crippen molar-refractivity contribution in [1.82, 2.24) is 5.32 Å². The van der Waals surface area contributed by atoms with Crippen LogP contribution >= 0.6 is 0 Å². The van der Waals surface area contributed by atoms with E-state index >= 15 is 0 Å². The first-order chi connectivity index (χ1) is 9.51. The molecule has 114 valence electrons. The third-order valence-corrected chi connectivity index (χ3v) is 3.26. The van der Waals surface area contributed by atoms with Crippen LogP contribution in [0.2, 0.25) is 0 Å². The lowest BCUT2D eigenvalue weighted by molar-refractivity contribution is 0.304. The Bertz CT molecular complexity index is 351. The molecule has 0 amide bonds. The van der Waals surface area contributed by atoms with E-state index in [4.69, 9.17) is 4.74 Å². The smallest absolute Gasteiger partial charge is 0.119 e. The summed E-state index contributed by atoms with van der Waals surface area (Å²) in [6.45, 7) is 10.5. The minimum absolute atomic E-state index is 0.160. The molecule has 20 heavy (non-hydrogen) atoms. The second-order valence-electron chi connectivity index (χ2n) is 6.51. The van der Waals surface area contributed by atoms with Gasteiger partial charge in [-0.05, 0) is 44.9 Å². The van der Waals surface area contributed by atoms with Gasteiger partial charge in [-0.1, -0.05) is 44.7 Å². The molecule has 1 rings (SSSR count). The first-order valence-corrected chi connectivity index (χ1v) is 7.98. The summed E-state index contributed by atoms with van der Waals surface area (Å²) in [6.07, 6.45) is 6.41. The zero-order valence-corrected chi connectivity index (χ0v) is 13.7. The summed E-state index contributed by atoms with van der Waals surface area (Å²) in [5, 5.41) is 3.49. The molecule has 1 N–H and O–H groups in total. The predicted molar refractivity (Wildman–Crippen MR) is 87.3 cm³/mol. The molecule has 0 atom stereocenters. The highest BCUT2D eigenvalue weighted by atomic mass is 16.5. The third kappa shape index (κ3) is 8.21. The largest absolute Gasteiger partial charge is 0.494 e. The summed E-state index contributed by atoms with van der Waals surface area (Å²) in [4.78, 5) is 0. The Labute approximate surface area is 124 Å². The minimum Gasteiger partial charge on any atom is -0.494 e. The molecule has 0 aliphatic rings. The quantitative estimate of drug-likeness (QED) is 0.647. The summed E-state index contributed by atoms with van der Waals surface area (Å²) in [5.41, 5.74) is 1.46. The highest BCUT2D eigenvalue weighted by Crippen LogP contribution is 2.14. The van der Waals surface area contributed by atoms with E-state index in [0.29, 0.717) is 0 Å². The fourth-order valence-corrected chi connectivity index (χ4v) is 1.97. The molecule has 1 aromatic carbocycles. The van der Waals surface area contributed by atoms with Crippen molar-refractivity contribution in [2.45, 2.75) is 71.9 Å². The Morgan fingerprint density at radius 3 is 2.20 bits per heavy atom. The van der Waals surface area contributed by atoms with Crippen LogP contribution in [0.25, 0.3) is 0 Å². The molecule has 0 spiro atoms. The molecule has 0 aliphatic heterocycles. The molecule has 1 aromatic rings. The van der Waals surface area contributed by atoms with Crippen molar-refractivity contribution in [2.75, 3.05) is 6.61 Å². The van der Waals surface area contributed by atoms with E-state index in [0.717, 1.165) is 25.3 Å². The first kappa shape index (κ1) is 17.0. The van der Waals surface area contributed by atoms with Crippen LogP contribution in [0.3, 0.4) is 0 Å². The maximum atomic E-state index is 5.77. The van der Waals surface area contributed by atoms with E-state index in [-0.39, 0.29) is 5.54 Å². The molecule has 0 heterocycles. The van der Waals surface area contributed by atoms with Gasteiger partial charge in [0, 0.05) is 12.1 Å². The molecule has 0 radical (unpaired) electrons. The molecule has 0 fully saturated rings. The Morgan fingerprint density at radius 1 is 0.950 bits per heavy atom. The highest BCUT2D eigenvalue weighted by Gasteiger charge is 2.08. The summed E-state index contributed by atoms with van der Waals surface area (Å²) >= 11 is 0. The Balaban J connectivity index is 2.21. The van der Waals surface area contributed by atoms with E-state index in [9.17, 15) is 0 Å². The lowest BCUT2D eigenvalue weighted by Crippen LogP contribution is -2.35. The first-order valence-electron chi connectivity index (χ1n) is 7.98. The van der Waals surface area contributed by atoms with Crippen LogP contribution in [0.1, 0.15) is 65.4 Å².